The smallest absolute Gasteiger partial charge is 0.287 e. The zero-order chi connectivity index (χ0) is 14.4. The van der Waals surface area contributed by atoms with Gasteiger partial charge in [0.05, 0.1) is 6.61 Å². The van der Waals surface area contributed by atoms with Crippen molar-refractivity contribution >= 4 is 5.91 Å². The van der Waals surface area contributed by atoms with Gasteiger partial charge < -0.3 is 36.0 Å². The molecule has 2 heterocycles. The van der Waals surface area contributed by atoms with Crippen LogP contribution in [-0.4, -0.2) is 65.9 Å². The molecular weight excluding hydrogens is 262 g/mol. The van der Waals surface area contributed by atoms with Gasteiger partial charge in [-0.3, -0.25) is 4.79 Å². The fourth-order valence-electron chi connectivity index (χ4n) is 1.88. The predicted molar refractivity (Wildman–Crippen MR) is 56.6 cm³/mol. The molecule has 1 aliphatic rings. The molecule has 2 rings (SSSR count). The van der Waals surface area contributed by atoms with Crippen LogP contribution < -0.4 is 5.73 Å². The summed E-state index contributed by atoms with van der Waals surface area (Å²) in [5.74, 6) is -4.45. The highest BCUT2D eigenvalue weighted by molar-refractivity contribution is 5.93. The number of aromatic nitrogens is 2. The van der Waals surface area contributed by atoms with Gasteiger partial charge in [0.2, 0.25) is 5.88 Å². The Hall–Kier alpha value is -1.72. The number of hydrogen-bond donors (Lipinski definition) is 6. The summed E-state index contributed by atoms with van der Waals surface area (Å²) < 4.78 is 5.44. The first kappa shape index (κ1) is 13.7. The molecule has 10 nitrogen and oxygen atoms in total. The lowest BCUT2D eigenvalue weighted by Gasteiger charge is -2.27. The molecule has 10 heteroatoms. The van der Waals surface area contributed by atoms with Gasteiger partial charge in [-0.05, 0) is 0 Å². The number of primary amides is 1. The van der Waals surface area contributed by atoms with Gasteiger partial charge in [-0.1, -0.05) is 0 Å². The van der Waals surface area contributed by atoms with Crippen molar-refractivity contribution in [3.8, 4) is 5.88 Å². The monoisotopic (exact) mass is 275 g/mol. The number of imidazole rings is 1. The Morgan fingerprint density at radius 1 is 1.58 bits per heavy atom. The van der Waals surface area contributed by atoms with E-state index < -0.39 is 48.3 Å². The second kappa shape index (κ2) is 4.43. The van der Waals surface area contributed by atoms with Gasteiger partial charge in [0.1, 0.15) is 18.5 Å². The number of nitrogens with zero attached hydrogens (tertiary/aromatic N) is 2. The average molecular weight is 275 g/mol. The third kappa shape index (κ3) is 1.86. The van der Waals surface area contributed by atoms with E-state index in [0.29, 0.717) is 4.57 Å². The number of nitrogens with two attached hydrogens (primary N) is 1. The number of amides is 1. The highest BCUT2D eigenvalue weighted by atomic mass is 16.7. The molecule has 4 atom stereocenters. The molecule has 1 aromatic rings. The minimum absolute atomic E-state index is 0.536. The van der Waals surface area contributed by atoms with Crippen molar-refractivity contribution in [1.29, 1.82) is 0 Å². The summed E-state index contributed by atoms with van der Waals surface area (Å²) in [6.45, 7) is -0.668. The van der Waals surface area contributed by atoms with Crippen molar-refractivity contribution < 1.29 is 35.1 Å². The zero-order valence-corrected chi connectivity index (χ0v) is 9.54. The molecule has 0 spiro atoms. The number of aliphatic hydroxyl groups excluding tert-OH is 3. The van der Waals surface area contributed by atoms with E-state index in [1.165, 1.54) is 0 Å². The lowest BCUT2D eigenvalue weighted by atomic mass is 10.1. The van der Waals surface area contributed by atoms with Gasteiger partial charge in [0.15, 0.2) is 11.8 Å². The summed E-state index contributed by atoms with van der Waals surface area (Å²) in [5.41, 5.74) is 4.40. The van der Waals surface area contributed by atoms with Gasteiger partial charge >= 0.3 is 0 Å². The number of carbonyl (C=O) groups is 1. The molecule has 19 heavy (non-hydrogen) atoms. The summed E-state index contributed by atoms with van der Waals surface area (Å²) in [6.07, 6.45) is -3.91. The van der Waals surface area contributed by atoms with E-state index in [4.69, 9.17) is 15.6 Å². The van der Waals surface area contributed by atoms with E-state index in [1.54, 1.807) is 0 Å². The van der Waals surface area contributed by atoms with Crippen LogP contribution in [0.15, 0.2) is 6.33 Å². The number of aliphatic hydroxyl groups is 4. The lowest BCUT2D eigenvalue weighted by Crippen LogP contribution is -2.45. The Morgan fingerprint density at radius 2 is 2.21 bits per heavy atom. The number of hydrogen-bond acceptors (Lipinski definition) is 8. The fraction of sp³-hybridized carbons (Fsp3) is 0.556. The predicted octanol–water partition coefficient (Wildman–Crippen LogP) is -3.60. The topological polar surface area (TPSA) is 171 Å². The molecule has 106 valence electrons. The summed E-state index contributed by atoms with van der Waals surface area (Å²) >= 11 is 0. The SMILES string of the molecule is NC(=O)c1ncn([C@]2(O)O[C@H](CO)[C@@H](O)[C@H]2O)c1O. The van der Waals surface area contributed by atoms with Crippen LogP contribution in [0.4, 0.5) is 0 Å². The maximum absolute atomic E-state index is 10.9. The van der Waals surface area contributed by atoms with Crippen molar-refractivity contribution in [2.45, 2.75) is 24.2 Å². The van der Waals surface area contributed by atoms with Crippen LogP contribution >= 0.6 is 0 Å². The molecule has 1 amide bonds. The van der Waals surface area contributed by atoms with Gasteiger partial charge in [-0.25, -0.2) is 9.55 Å². The van der Waals surface area contributed by atoms with Crippen LogP contribution in [0, 0.1) is 0 Å². The number of rotatable bonds is 3. The second-order valence-electron chi connectivity index (χ2n) is 4.08. The highest BCUT2D eigenvalue weighted by Crippen LogP contribution is 2.36. The molecule has 7 N–H and O–H groups in total. The van der Waals surface area contributed by atoms with Crippen molar-refractivity contribution in [3.05, 3.63) is 12.0 Å². The third-order valence-corrected chi connectivity index (χ3v) is 2.92. The molecule has 1 aliphatic heterocycles. The summed E-state index contributed by atoms with van der Waals surface area (Å²) in [7, 11) is 0. The maximum Gasteiger partial charge on any atom is 0.287 e. The Bertz CT molecular complexity index is 504. The van der Waals surface area contributed by atoms with Crippen LogP contribution in [0.5, 0.6) is 5.88 Å². The van der Waals surface area contributed by atoms with Crippen LogP contribution in [0.1, 0.15) is 10.5 Å². The van der Waals surface area contributed by atoms with Crippen molar-refractivity contribution in [2.75, 3.05) is 6.61 Å². The summed E-state index contributed by atoms with van der Waals surface area (Å²) in [5, 5.41) is 48.1. The Kier molecular flexibility index (Phi) is 3.20. The first-order valence-electron chi connectivity index (χ1n) is 5.26. The van der Waals surface area contributed by atoms with E-state index in [9.17, 15) is 25.2 Å². The largest absolute Gasteiger partial charge is 0.493 e. The minimum atomic E-state index is -2.57. The van der Waals surface area contributed by atoms with Gasteiger partial charge in [0.25, 0.3) is 11.8 Å². The first-order valence-corrected chi connectivity index (χ1v) is 5.26. The van der Waals surface area contributed by atoms with Crippen molar-refractivity contribution in [1.82, 2.24) is 9.55 Å². The second-order valence-corrected chi connectivity index (χ2v) is 4.08. The van der Waals surface area contributed by atoms with Gasteiger partial charge in [0, 0.05) is 0 Å². The first-order chi connectivity index (χ1) is 8.82. The molecule has 1 saturated heterocycles. The van der Waals surface area contributed by atoms with Crippen molar-refractivity contribution in [3.63, 3.8) is 0 Å². The average Bonchev–Trinajstić information content (AvgIpc) is 2.84. The molecule has 0 bridgehead atoms. The standard InChI is InChI=1S/C9H13N3O7/c10-7(16)4-8(17)12(2-11-4)9(18)6(15)5(14)3(1-13)19-9/h2-3,5-6,13-15,17-18H,1H2,(H2,10,16)/t3-,5-,6-,9-/m1/s1. The Balaban J connectivity index is 2.43. The lowest BCUT2D eigenvalue weighted by molar-refractivity contribution is -0.290. The van der Waals surface area contributed by atoms with E-state index in [2.05, 4.69) is 4.98 Å². The number of aromatic hydroxyl groups is 1. The van der Waals surface area contributed by atoms with Crippen molar-refractivity contribution in [2.24, 2.45) is 5.73 Å². The molecule has 0 saturated carbocycles. The minimum Gasteiger partial charge on any atom is -0.493 e. The summed E-state index contributed by atoms with van der Waals surface area (Å²) in [6, 6.07) is 0. The van der Waals surface area contributed by atoms with Crippen LogP contribution in [0.25, 0.3) is 0 Å². The van der Waals surface area contributed by atoms with Gasteiger partial charge in [-0.2, -0.15) is 0 Å². The van der Waals surface area contributed by atoms with E-state index in [-0.39, 0.29) is 0 Å². The Morgan fingerprint density at radius 3 is 2.63 bits per heavy atom. The highest BCUT2D eigenvalue weighted by Gasteiger charge is 2.56. The fourth-order valence-corrected chi connectivity index (χ4v) is 1.88. The normalized spacial score (nSPS) is 34.6. The van der Waals surface area contributed by atoms with Crippen LogP contribution in [0.3, 0.4) is 0 Å². The molecule has 0 aliphatic carbocycles. The zero-order valence-electron chi connectivity index (χ0n) is 9.54. The molecule has 1 fully saturated rings. The van der Waals surface area contributed by atoms with E-state index >= 15 is 0 Å². The molecule has 0 aromatic carbocycles. The van der Waals surface area contributed by atoms with E-state index in [0.717, 1.165) is 6.33 Å². The quantitative estimate of drug-likeness (QED) is 0.328. The molecule has 0 unspecified atom stereocenters. The van der Waals surface area contributed by atoms with E-state index in [1.807, 2.05) is 0 Å². The van der Waals surface area contributed by atoms with Crippen LogP contribution in [0.2, 0.25) is 0 Å². The third-order valence-electron chi connectivity index (χ3n) is 2.92. The van der Waals surface area contributed by atoms with Gasteiger partial charge in [-0.15, -0.1) is 0 Å². The molecule has 0 radical (unpaired) electrons. The number of ether oxygens (including phenoxy) is 1. The van der Waals surface area contributed by atoms with Crippen LogP contribution in [-0.2, 0) is 10.6 Å². The summed E-state index contributed by atoms with van der Waals surface area (Å²) in [4.78, 5) is 14.4. The maximum atomic E-state index is 10.9. The Labute approximate surface area is 106 Å². The number of carbonyl (C=O) groups excluding carboxylic acids is 1. The molecular formula is C9H13N3O7. The molecule has 1 aromatic heterocycles.